The largest absolute Gasteiger partial charge is 0.466 e. The minimum atomic E-state index is -4.64. The van der Waals surface area contributed by atoms with Gasteiger partial charge in [-0.2, -0.15) is 0 Å². The summed E-state index contributed by atoms with van der Waals surface area (Å²) in [6.45, 7) is 3.09. The van der Waals surface area contributed by atoms with Crippen molar-refractivity contribution in [2.75, 3.05) is 0 Å². The number of aliphatic imine (C=N–C) groups is 1. The van der Waals surface area contributed by atoms with Crippen molar-refractivity contribution in [3.63, 3.8) is 0 Å². The van der Waals surface area contributed by atoms with Crippen molar-refractivity contribution < 1.29 is 29.1 Å². The first kappa shape index (κ1) is 19.1. The Balaban J connectivity index is -0.000000131. The number of carbonyl (C=O) groups is 1. The van der Waals surface area contributed by atoms with Crippen molar-refractivity contribution in [1.82, 2.24) is 0 Å². The molecule has 0 saturated heterocycles. The van der Waals surface area contributed by atoms with E-state index >= 15 is 0 Å². The Morgan fingerprint density at radius 1 is 1.50 bits per heavy atom. The van der Waals surface area contributed by atoms with Crippen LogP contribution in [0.4, 0.5) is 4.79 Å². The lowest BCUT2D eigenvalue weighted by Gasteiger charge is -1.82. The molecule has 1 amide bonds. The summed E-state index contributed by atoms with van der Waals surface area (Å²) in [6.07, 6.45) is -1.33. The Hall–Kier alpha value is -0.510. The van der Waals surface area contributed by atoms with Crippen LogP contribution in [-0.4, -0.2) is 36.9 Å². The lowest BCUT2D eigenvalue weighted by atomic mass is 11.3. The number of nitrogens with zero attached hydrogens (tertiary/aromatic N) is 1. The number of hydrogen-bond donors (Lipinski definition) is 6. The molecule has 0 aromatic carbocycles. The molecule has 0 aliphatic heterocycles. The molecule has 0 saturated carbocycles. The van der Waals surface area contributed by atoms with Gasteiger partial charge in [-0.15, -0.1) is 12.6 Å². The highest BCUT2D eigenvalue weighted by Gasteiger charge is 2.00. The van der Waals surface area contributed by atoms with E-state index in [-0.39, 0.29) is 0 Å². The summed E-state index contributed by atoms with van der Waals surface area (Å²) < 4.78 is 9.18. The smallest absolute Gasteiger partial charge is 0.465 e. The molecule has 0 atom stereocenters. The van der Waals surface area contributed by atoms with Crippen LogP contribution in [-0.2, 0) is 4.57 Å². The molecule has 0 rings (SSSR count). The van der Waals surface area contributed by atoms with Gasteiger partial charge in [0.05, 0.1) is 0 Å². The number of primary amides is 1. The molecule has 0 radical (unpaired) electrons. The Morgan fingerprint density at radius 3 is 1.57 bits per heavy atom. The second kappa shape index (κ2) is 10.6. The molecule has 0 aromatic heterocycles. The summed E-state index contributed by atoms with van der Waals surface area (Å²) >= 11 is 7.93. The summed E-state index contributed by atoms with van der Waals surface area (Å²) in [7, 11) is -4.64. The Labute approximate surface area is 90.1 Å². The fraction of sp³-hybridized carbons (Fsp3) is 0. The lowest BCUT2D eigenvalue weighted by Crippen LogP contribution is -2.03. The maximum atomic E-state index is 8.88. The summed E-state index contributed by atoms with van der Waals surface area (Å²) in [5, 5.41) is 7.19. The van der Waals surface area contributed by atoms with E-state index in [9.17, 15) is 0 Å². The van der Waals surface area contributed by atoms with Crippen LogP contribution >= 0.6 is 32.7 Å². The zero-order valence-corrected chi connectivity index (χ0v) is 9.25. The predicted molar refractivity (Wildman–Crippen MR) is 57.6 cm³/mol. The number of phosphoric acid groups is 1. The number of thiol groups is 1. The van der Waals surface area contributed by atoms with Crippen molar-refractivity contribution in [3.05, 3.63) is 0 Å². The molecule has 0 unspecified atom stereocenters. The maximum absolute atomic E-state index is 8.88. The number of amides is 1. The van der Waals surface area contributed by atoms with Crippen molar-refractivity contribution in [2.24, 2.45) is 10.7 Å². The van der Waals surface area contributed by atoms with Crippen molar-refractivity contribution in [1.29, 1.82) is 0 Å². The molecule has 84 valence electrons. The van der Waals surface area contributed by atoms with Crippen LogP contribution in [0.1, 0.15) is 0 Å². The highest BCUT2D eigenvalue weighted by molar-refractivity contribution is 8.11. The first-order valence-corrected chi connectivity index (χ1v) is 4.89. The second-order valence-electron chi connectivity index (χ2n) is 1.29. The molecule has 14 heavy (non-hydrogen) atoms. The average molecular weight is 264 g/mol. The van der Waals surface area contributed by atoms with Crippen LogP contribution < -0.4 is 5.73 Å². The first-order chi connectivity index (χ1) is 6.00. The van der Waals surface area contributed by atoms with Gasteiger partial charge >= 0.3 is 13.9 Å². The quantitative estimate of drug-likeness (QED) is 0.150. The highest BCUT2D eigenvalue weighted by atomic mass is 32.1. The number of hydrogen-bond acceptors (Lipinski definition) is 3. The molecular formula is C3H9N2O6PS2. The van der Waals surface area contributed by atoms with E-state index in [2.05, 4.69) is 42.3 Å². The number of carboxylic acid groups (broad SMARTS) is 1. The van der Waals surface area contributed by atoms with Crippen LogP contribution in [0.2, 0.25) is 0 Å². The average Bonchev–Trinajstić information content (AvgIpc) is 1.82. The monoisotopic (exact) mass is 264 g/mol. The molecule has 0 bridgehead atoms. The van der Waals surface area contributed by atoms with Gasteiger partial charge < -0.3 is 25.5 Å². The highest BCUT2D eigenvalue weighted by Crippen LogP contribution is 2.25. The Bertz CT molecular complexity index is 227. The van der Waals surface area contributed by atoms with Crippen LogP contribution in [0.25, 0.3) is 0 Å². The third kappa shape index (κ3) is 570. The third-order valence-electron chi connectivity index (χ3n) is 0.135. The van der Waals surface area contributed by atoms with E-state index in [4.69, 9.17) is 29.1 Å². The normalized spacial score (nSPS) is 8.29. The van der Waals surface area contributed by atoms with Gasteiger partial charge in [-0.25, -0.2) is 14.4 Å². The predicted octanol–water partition coefficient (Wildman–Crippen LogP) is -0.404. The molecule has 6 N–H and O–H groups in total. The van der Waals surface area contributed by atoms with Crippen molar-refractivity contribution >= 4 is 49.8 Å². The number of thiocarbonyl (C=S) groups is 1. The lowest BCUT2D eigenvalue weighted by molar-refractivity contribution is 0.205. The second-order valence-corrected chi connectivity index (χ2v) is 3.43. The van der Waals surface area contributed by atoms with Gasteiger partial charge in [0.1, 0.15) is 0 Å². The fourth-order valence-electron chi connectivity index (χ4n) is 0. The topological polar surface area (TPSA) is 153 Å². The van der Waals surface area contributed by atoms with Gasteiger partial charge in [-0.05, 0) is 6.72 Å². The standard InChI is InChI=1S/C2H3NS2.CH3NO2.H3O4P/c1-3-2(4)5;2-1(3)4;1-5(2,3)4/h1H2,(H,4,5);2H2,(H,3,4);(H3,1,2,3,4). The molecule has 0 spiro atoms. The van der Waals surface area contributed by atoms with Gasteiger partial charge in [-0.3, -0.25) is 0 Å². The van der Waals surface area contributed by atoms with E-state index < -0.39 is 13.9 Å². The summed E-state index contributed by atoms with van der Waals surface area (Å²) in [5.74, 6) is 0. The molecule has 8 nitrogen and oxygen atoms in total. The van der Waals surface area contributed by atoms with Gasteiger partial charge in [0.2, 0.25) is 0 Å². The Morgan fingerprint density at radius 2 is 1.57 bits per heavy atom. The van der Waals surface area contributed by atoms with Gasteiger partial charge in [0, 0.05) is 0 Å². The van der Waals surface area contributed by atoms with Crippen LogP contribution in [0.15, 0.2) is 4.99 Å². The maximum Gasteiger partial charge on any atom is 0.466 e. The van der Waals surface area contributed by atoms with Crippen molar-refractivity contribution in [3.8, 4) is 0 Å². The van der Waals surface area contributed by atoms with E-state index in [1.54, 1.807) is 0 Å². The third-order valence-corrected chi connectivity index (χ3v) is 0.406. The van der Waals surface area contributed by atoms with Crippen LogP contribution in [0.3, 0.4) is 0 Å². The molecule has 0 aliphatic carbocycles. The SMILES string of the molecule is C=NC(=S)S.NC(=O)O.O=P(O)(O)O. The van der Waals surface area contributed by atoms with Gasteiger partial charge in [-0.1, -0.05) is 12.2 Å². The van der Waals surface area contributed by atoms with E-state index in [1.807, 2.05) is 0 Å². The molecule has 0 fully saturated rings. The van der Waals surface area contributed by atoms with Crippen LogP contribution in [0, 0.1) is 0 Å². The zero-order valence-electron chi connectivity index (χ0n) is 6.64. The van der Waals surface area contributed by atoms with Gasteiger partial charge in [0.25, 0.3) is 0 Å². The summed E-state index contributed by atoms with van der Waals surface area (Å²) in [4.78, 5) is 33.6. The van der Waals surface area contributed by atoms with E-state index in [0.29, 0.717) is 4.32 Å². The first-order valence-electron chi connectivity index (χ1n) is 2.47. The molecule has 0 aliphatic rings. The summed E-state index contributed by atoms with van der Waals surface area (Å²) in [6, 6.07) is 0. The number of rotatable bonds is 0. The fourth-order valence-corrected chi connectivity index (χ4v) is 0. The Kier molecular flexibility index (Phi) is 14.4. The van der Waals surface area contributed by atoms with Gasteiger partial charge in [0.15, 0.2) is 4.32 Å². The minimum absolute atomic E-state index is 0.296. The summed E-state index contributed by atoms with van der Waals surface area (Å²) in [5.41, 5.74) is 4.03. The number of nitrogens with two attached hydrogens (primary N) is 1. The van der Waals surface area contributed by atoms with Crippen molar-refractivity contribution in [2.45, 2.75) is 0 Å². The van der Waals surface area contributed by atoms with E-state index in [0.717, 1.165) is 0 Å². The van der Waals surface area contributed by atoms with Crippen LogP contribution in [0.5, 0.6) is 0 Å². The molecule has 0 heterocycles. The van der Waals surface area contributed by atoms with E-state index in [1.165, 1.54) is 0 Å². The molecule has 11 heteroatoms. The molecular weight excluding hydrogens is 255 g/mol. The minimum Gasteiger partial charge on any atom is -0.465 e. The molecule has 0 aromatic rings. The zero-order chi connectivity index (χ0) is 12.4.